The van der Waals surface area contributed by atoms with Crippen molar-refractivity contribution in [1.82, 2.24) is 4.98 Å². The van der Waals surface area contributed by atoms with Crippen molar-refractivity contribution in [2.45, 2.75) is 20.3 Å². The van der Waals surface area contributed by atoms with Crippen LogP contribution in [-0.2, 0) is 6.42 Å². The Morgan fingerprint density at radius 2 is 1.35 bits per heavy atom. The summed E-state index contributed by atoms with van der Waals surface area (Å²) < 4.78 is 2.27. The van der Waals surface area contributed by atoms with Crippen LogP contribution < -0.4 is 4.57 Å². The van der Waals surface area contributed by atoms with Crippen LogP contribution in [0.5, 0.6) is 0 Å². The molecule has 0 bridgehead atoms. The molecule has 0 unspecified atom stereocenters. The smallest absolute Gasteiger partial charge is 0.235 e. The molecule has 0 saturated heterocycles. The summed E-state index contributed by atoms with van der Waals surface area (Å²) in [6.45, 7) is 4.24. The van der Waals surface area contributed by atoms with E-state index in [2.05, 4.69) is 77.2 Å². The first-order chi connectivity index (χ1) is 15.2. The summed E-state index contributed by atoms with van der Waals surface area (Å²) in [4.78, 5) is 4.92. The lowest BCUT2D eigenvalue weighted by Crippen LogP contribution is -2.33. The highest BCUT2D eigenvalue weighted by molar-refractivity contribution is 5.84. The van der Waals surface area contributed by atoms with Gasteiger partial charge < -0.3 is 0 Å². The first kappa shape index (κ1) is 19.1. The normalized spacial score (nSPS) is 11.5. The van der Waals surface area contributed by atoms with Gasteiger partial charge in [-0.3, -0.25) is 0 Å². The number of hydrogen-bond acceptors (Lipinski definition) is 3. The minimum atomic E-state index is 0.797. The lowest BCUT2D eigenvalue weighted by molar-refractivity contribution is -0.538. The van der Waals surface area contributed by atoms with E-state index in [0.717, 1.165) is 45.5 Å². The lowest BCUT2D eigenvalue weighted by atomic mass is 10.1. The average molecular weight is 404 g/mol. The molecule has 5 rings (SSSR count). The summed E-state index contributed by atoms with van der Waals surface area (Å²) >= 11 is 0. The Hall–Kier alpha value is -3.92. The monoisotopic (exact) mass is 403 g/mol. The Labute approximate surface area is 181 Å². The van der Waals surface area contributed by atoms with E-state index in [4.69, 9.17) is 4.98 Å². The van der Waals surface area contributed by atoms with Crippen LogP contribution in [0.1, 0.15) is 18.1 Å². The number of hydrogen-bond donors (Lipinski definition) is 0. The van der Waals surface area contributed by atoms with Crippen LogP contribution in [0.25, 0.3) is 27.8 Å². The van der Waals surface area contributed by atoms with Gasteiger partial charge in [0.25, 0.3) is 0 Å². The van der Waals surface area contributed by atoms with E-state index in [9.17, 15) is 0 Å². The van der Waals surface area contributed by atoms with E-state index >= 15 is 0 Å². The number of fused-ring (bicyclic) bond motifs is 2. The molecule has 0 N–H and O–H groups in total. The van der Waals surface area contributed by atoms with Gasteiger partial charge in [-0.15, -0.1) is 4.57 Å². The molecule has 4 heteroatoms. The SMILES string of the molecule is CCc1ccc2nc3ccc(N=Nc4ccc(C)cc4)cc3[n+](-c3ccccc3)c2c1. The van der Waals surface area contributed by atoms with Crippen molar-refractivity contribution in [2.75, 3.05) is 0 Å². The summed E-state index contributed by atoms with van der Waals surface area (Å²) in [5.41, 5.74) is 9.22. The molecule has 1 aromatic heterocycles. The Bertz CT molecular complexity index is 1400. The lowest BCUT2D eigenvalue weighted by Gasteiger charge is -2.07. The highest BCUT2D eigenvalue weighted by Crippen LogP contribution is 2.24. The Morgan fingerprint density at radius 3 is 2.10 bits per heavy atom. The fourth-order valence-corrected chi connectivity index (χ4v) is 3.75. The van der Waals surface area contributed by atoms with Crippen LogP contribution in [0.2, 0.25) is 0 Å². The van der Waals surface area contributed by atoms with Gasteiger partial charge in [0.1, 0.15) is 11.0 Å². The van der Waals surface area contributed by atoms with E-state index < -0.39 is 0 Å². The zero-order valence-electron chi connectivity index (χ0n) is 17.7. The number of benzene rings is 4. The standard InChI is InChI=1S/C27H23N4/c1-3-20-11-15-24-26(17-20)31(23-7-5-4-6-8-23)27-18-22(14-16-25(27)28-24)30-29-21-12-9-19(2)10-13-21/h4-18H,3H2,1-2H3/q+1. The number of nitrogens with zero attached hydrogens (tertiary/aromatic N) is 4. The molecule has 0 aliphatic rings. The third kappa shape index (κ3) is 3.80. The first-order valence-electron chi connectivity index (χ1n) is 10.5. The van der Waals surface area contributed by atoms with Crippen molar-refractivity contribution < 1.29 is 4.57 Å². The maximum atomic E-state index is 4.92. The molecule has 0 saturated carbocycles. The van der Waals surface area contributed by atoms with Crippen LogP contribution in [0, 0.1) is 6.92 Å². The number of rotatable bonds is 4. The Kier molecular flexibility index (Phi) is 4.97. The Balaban J connectivity index is 1.72. The molecule has 0 amide bonds. The van der Waals surface area contributed by atoms with E-state index in [0.29, 0.717) is 0 Å². The van der Waals surface area contributed by atoms with Gasteiger partial charge in [-0.05, 0) is 49.2 Å². The third-order valence-corrected chi connectivity index (χ3v) is 5.46. The number of para-hydroxylation sites is 1. The van der Waals surface area contributed by atoms with Crippen molar-refractivity contribution in [2.24, 2.45) is 10.2 Å². The quantitative estimate of drug-likeness (QED) is 0.182. The third-order valence-electron chi connectivity index (χ3n) is 5.46. The second-order valence-electron chi connectivity index (χ2n) is 7.67. The van der Waals surface area contributed by atoms with Crippen molar-refractivity contribution in [3.05, 3.63) is 102 Å². The molecule has 1 heterocycles. The molecule has 0 aliphatic carbocycles. The van der Waals surface area contributed by atoms with Crippen molar-refractivity contribution >= 4 is 33.4 Å². The van der Waals surface area contributed by atoms with E-state index in [-0.39, 0.29) is 0 Å². The van der Waals surface area contributed by atoms with E-state index in [1.165, 1.54) is 11.1 Å². The van der Waals surface area contributed by atoms with Crippen molar-refractivity contribution in [3.63, 3.8) is 0 Å². The molecule has 150 valence electrons. The highest BCUT2D eigenvalue weighted by atomic mass is 15.1. The van der Waals surface area contributed by atoms with Crippen LogP contribution in [-0.4, -0.2) is 4.98 Å². The number of aromatic nitrogens is 2. The molecular formula is C27H23N4+. The number of aryl methyl sites for hydroxylation is 2. The van der Waals surface area contributed by atoms with Crippen molar-refractivity contribution in [1.29, 1.82) is 0 Å². The largest absolute Gasteiger partial charge is 0.239 e. The zero-order valence-corrected chi connectivity index (χ0v) is 17.7. The topological polar surface area (TPSA) is 41.5 Å². The van der Waals surface area contributed by atoms with Gasteiger partial charge in [0.2, 0.25) is 16.7 Å². The van der Waals surface area contributed by atoms with Crippen LogP contribution in [0.3, 0.4) is 0 Å². The van der Waals surface area contributed by atoms with Crippen molar-refractivity contribution in [3.8, 4) is 5.69 Å². The van der Waals surface area contributed by atoms with Gasteiger partial charge in [0.15, 0.2) is 0 Å². The minimum Gasteiger partial charge on any atom is -0.235 e. The van der Waals surface area contributed by atoms with Gasteiger partial charge in [-0.1, -0.05) is 48.9 Å². The molecule has 0 atom stereocenters. The Morgan fingerprint density at radius 1 is 0.710 bits per heavy atom. The predicted molar refractivity (Wildman–Crippen MR) is 126 cm³/mol. The molecule has 4 nitrogen and oxygen atoms in total. The minimum absolute atomic E-state index is 0.797. The molecule has 5 aromatic rings. The molecule has 0 fully saturated rings. The summed E-state index contributed by atoms with van der Waals surface area (Å²) in [5, 5.41) is 8.90. The maximum absolute atomic E-state index is 4.92. The van der Waals surface area contributed by atoms with Crippen LogP contribution >= 0.6 is 0 Å². The van der Waals surface area contributed by atoms with Crippen LogP contribution in [0.4, 0.5) is 11.4 Å². The predicted octanol–water partition coefficient (Wildman–Crippen LogP) is 6.95. The molecular weight excluding hydrogens is 380 g/mol. The summed E-state index contributed by atoms with van der Waals surface area (Å²) in [6.07, 6.45) is 0.980. The van der Waals surface area contributed by atoms with Crippen LogP contribution in [0.15, 0.2) is 101 Å². The molecule has 31 heavy (non-hydrogen) atoms. The average Bonchev–Trinajstić information content (AvgIpc) is 2.82. The number of azo groups is 1. The van der Waals surface area contributed by atoms with E-state index in [1.807, 2.05) is 42.5 Å². The summed E-state index contributed by atoms with van der Waals surface area (Å²) in [6, 6.07) is 31.0. The molecule has 0 spiro atoms. The summed E-state index contributed by atoms with van der Waals surface area (Å²) in [5.74, 6) is 0. The summed E-state index contributed by atoms with van der Waals surface area (Å²) in [7, 11) is 0. The first-order valence-corrected chi connectivity index (χ1v) is 10.5. The van der Waals surface area contributed by atoms with Gasteiger partial charge in [0.05, 0.1) is 11.4 Å². The maximum Gasteiger partial charge on any atom is 0.239 e. The van der Waals surface area contributed by atoms with Gasteiger partial charge in [-0.2, -0.15) is 10.2 Å². The van der Waals surface area contributed by atoms with Gasteiger partial charge in [-0.25, -0.2) is 4.98 Å². The second kappa shape index (κ2) is 8.07. The molecule has 0 aliphatic heterocycles. The van der Waals surface area contributed by atoms with E-state index in [1.54, 1.807) is 0 Å². The molecule has 0 radical (unpaired) electrons. The highest BCUT2D eigenvalue weighted by Gasteiger charge is 2.20. The molecule has 4 aromatic carbocycles. The van der Waals surface area contributed by atoms with Gasteiger partial charge in [0, 0.05) is 24.3 Å². The fourth-order valence-electron chi connectivity index (χ4n) is 3.75. The second-order valence-corrected chi connectivity index (χ2v) is 7.67. The zero-order chi connectivity index (χ0) is 21.2. The van der Waals surface area contributed by atoms with Gasteiger partial charge >= 0.3 is 0 Å². The fraction of sp³-hybridized carbons (Fsp3) is 0.111.